The fourth-order valence-electron chi connectivity index (χ4n) is 1.45. The van der Waals surface area contributed by atoms with Gasteiger partial charge < -0.3 is 0 Å². The maximum Gasteiger partial charge on any atom is 0.0401 e. The first-order valence-corrected chi connectivity index (χ1v) is 6.87. The first kappa shape index (κ1) is 15.9. The number of benzene rings is 2. The van der Waals surface area contributed by atoms with Gasteiger partial charge in [0.15, 0.2) is 0 Å². The van der Waals surface area contributed by atoms with Crippen molar-refractivity contribution in [3.63, 3.8) is 0 Å². The van der Waals surface area contributed by atoms with E-state index in [-0.39, 0.29) is 0 Å². The zero-order valence-electron chi connectivity index (χ0n) is 11.3. The van der Waals surface area contributed by atoms with Gasteiger partial charge in [-0.15, -0.1) is 18.2 Å². The number of aromatic nitrogens is 1. The van der Waals surface area contributed by atoms with E-state index in [0.29, 0.717) is 5.88 Å². The van der Waals surface area contributed by atoms with Crippen molar-refractivity contribution in [2.75, 3.05) is 5.88 Å². The molecule has 0 saturated carbocycles. The van der Waals surface area contributed by atoms with Crippen molar-refractivity contribution >= 4 is 22.4 Å². The van der Waals surface area contributed by atoms with Crippen LogP contribution in [0.1, 0.15) is 0 Å². The first-order chi connectivity index (χ1) is 9.88. The number of alkyl halides is 1. The van der Waals surface area contributed by atoms with Crippen molar-refractivity contribution in [3.8, 4) is 0 Å². The zero-order chi connectivity index (χ0) is 14.5. The van der Waals surface area contributed by atoms with Crippen LogP contribution in [0.4, 0.5) is 0 Å². The van der Waals surface area contributed by atoms with Crippen LogP contribution in [0.2, 0.25) is 0 Å². The molecule has 0 fully saturated rings. The van der Waals surface area contributed by atoms with Gasteiger partial charge in [-0.2, -0.15) is 0 Å². The van der Waals surface area contributed by atoms with Crippen LogP contribution < -0.4 is 0 Å². The summed E-state index contributed by atoms with van der Waals surface area (Å²) >= 11 is 5.07. The highest BCUT2D eigenvalue weighted by molar-refractivity contribution is 6.18. The molecule has 102 valence electrons. The standard InChI is InChI=1S/C10H8.C5H5N.C3H5Cl/c1-2-6-10-8-4-3-7-9(10)5-1;1-2-4-6-5-3-1;1-2-3-4/h1-8H;1-5H;2H,1,3H2. The molecule has 0 radical (unpaired) electrons. The lowest BCUT2D eigenvalue weighted by molar-refractivity contribution is 1.33. The van der Waals surface area contributed by atoms with Crippen molar-refractivity contribution in [1.82, 2.24) is 4.98 Å². The van der Waals surface area contributed by atoms with E-state index in [2.05, 4.69) is 60.1 Å². The molecule has 0 aliphatic heterocycles. The molecule has 0 aliphatic rings. The average Bonchev–Trinajstić information content (AvgIpc) is 2.57. The normalized spacial score (nSPS) is 8.65. The lowest BCUT2D eigenvalue weighted by Crippen LogP contribution is -1.67. The van der Waals surface area contributed by atoms with Crippen LogP contribution in [0.5, 0.6) is 0 Å². The van der Waals surface area contributed by atoms with E-state index >= 15 is 0 Å². The number of fused-ring (bicyclic) bond motifs is 1. The SMILES string of the molecule is C=CCCl.c1ccc2ccccc2c1.c1ccncc1. The number of halogens is 1. The van der Waals surface area contributed by atoms with Crippen LogP contribution in [0, 0.1) is 0 Å². The minimum absolute atomic E-state index is 0.556. The van der Waals surface area contributed by atoms with Crippen molar-refractivity contribution in [1.29, 1.82) is 0 Å². The molecule has 1 aromatic heterocycles. The van der Waals surface area contributed by atoms with Crippen LogP contribution in [0.3, 0.4) is 0 Å². The summed E-state index contributed by atoms with van der Waals surface area (Å²) < 4.78 is 0. The number of hydrogen-bond acceptors (Lipinski definition) is 1. The van der Waals surface area contributed by atoms with Gasteiger partial charge in [0.2, 0.25) is 0 Å². The smallest absolute Gasteiger partial charge is 0.0401 e. The zero-order valence-corrected chi connectivity index (χ0v) is 12.1. The van der Waals surface area contributed by atoms with Crippen LogP contribution >= 0.6 is 11.6 Å². The Morgan fingerprint density at radius 2 is 1.20 bits per heavy atom. The van der Waals surface area contributed by atoms with Gasteiger partial charge in [-0.3, -0.25) is 4.98 Å². The van der Waals surface area contributed by atoms with Crippen molar-refractivity contribution in [3.05, 3.63) is 91.8 Å². The monoisotopic (exact) mass is 283 g/mol. The third kappa shape index (κ3) is 6.72. The molecule has 0 atom stereocenters. The van der Waals surface area contributed by atoms with E-state index in [0.717, 1.165) is 0 Å². The van der Waals surface area contributed by atoms with Gasteiger partial charge in [0, 0.05) is 18.3 Å². The summed E-state index contributed by atoms with van der Waals surface area (Å²) in [6.45, 7) is 3.35. The predicted molar refractivity (Wildman–Crippen MR) is 89.1 cm³/mol. The number of allylic oxidation sites excluding steroid dienone is 1. The van der Waals surface area contributed by atoms with Crippen LogP contribution in [-0.2, 0) is 0 Å². The minimum atomic E-state index is 0.556. The van der Waals surface area contributed by atoms with Gasteiger partial charge in [0.05, 0.1) is 0 Å². The lowest BCUT2D eigenvalue weighted by Gasteiger charge is -1.92. The van der Waals surface area contributed by atoms with E-state index in [1.807, 2.05) is 18.2 Å². The molecule has 20 heavy (non-hydrogen) atoms. The lowest BCUT2D eigenvalue weighted by atomic mass is 10.1. The second kappa shape index (κ2) is 10.8. The fourth-order valence-corrected chi connectivity index (χ4v) is 1.45. The molecule has 3 rings (SSSR count). The first-order valence-electron chi connectivity index (χ1n) is 6.34. The Morgan fingerprint density at radius 3 is 1.40 bits per heavy atom. The summed E-state index contributed by atoms with van der Waals surface area (Å²) in [7, 11) is 0. The molecular formula is C18H18ClN. The Kier molecular flexibility index (Phi) is 8.58. The summed E-state index contributed by atoms with van der Waals surface area (Å²) in [5.41, 5.74) is 0. The number of rotatable bonds is 1. The number of pyridine rings is 1. The van der Waals surface area contributed by atoms with Gasteiger partial charge >= 0.3 is 0 Å². The van der Waals surface area contributed by atoms with Crippen molar-refractivity contribution < 1.29 is 0 Å². The van der Waals surface area contributed by atoms with Gasteiger partial charge in [0.25, 0.3) is 0 Å². The van der Waals surface area contributed by atoms with Gasteiger partial charge in [-0.25, -0.2) is 0 Å². The van der Waals surface area contributed by atoms with E-state index in [4.69, 9.17) is 11.6 Å². The summed E-state index contributed by atoms with van der Waals surface area (Å²) in [6, 6.07) is 22.4. The number of nitrogens with zero attached hydrogens (tertiary/aromatic N) is 1. The Labute approximate surface area is 125 Å². The fraction of sp³-hybridized carbons (Fsp3) is 0.0556. The van der Waals surface area contributed by atoms with Crippen molar-refractivity contribution in [2.24, 2.45) is 0 Å². The number of hydrogen-bond donors (Lipinski definition) is 0. The highest BCUT2D eigenvalue weighted by Crippen LogP contribution is 2.11. The second-order valence-corrected chi connectivity index (χ2v) is 4.12. The van der Waals surface area contributed by atoms with Gasteiger partial charge in [0.1, 0.15) is 0 Å². The molecule has 0 unspecified atom stereocenters. The van der Waals surface area contributed by atoms with Gasteiger partial charge in [-0.1, -0.05) is 60.7 Å². The predicted octanol–water partition coefficient (Wildman–Crippen LogP) is 5.33. The molecule has 1 nitrogen and oxygen atoms in total. The topological polar surface area (TPSA) is 12.9 Å². The molecule has 3 aromatic rings. The Bertz CT molecular complexity index is 501. The Balaban J connectivity index is 0.000000172. The van der Waals surface area contributed by atoms with E-state index in [1.54, 1.807) is 18.5 Å². The Morgan fingerprint density at radius 1 is 0.800 bits per heavy atom. The molecular weight excluding hydrogens is 266 g/mol. The molecule has 2 heteroatoms. The van der Waals surface area contributed by atoms with E-state index in [1.165, 1.54) is 10.8 Å². The highest BCUT2D eigenvalue weighted by Gasteiger charge is 1.85. The molecule has 0 bridgehead atoms. The summed E-state index contributed by atoms with van der Waals surface area (Å²) in [4.78, 5) is 3.78. The molecule has 0 saturated heterocycles. The Hall–Kier alpha value is -2.12. The molecule has 1 heterocycles. The maximum atomic E-state index is 5.07. The summed E-state index contributed by atoms with van der Waals surface area (Å²) in [5, 5.41) is 2.62. The van der Waals surface area contributed by atoms with E-state index < -0.39 is 0 Å². The molecule has 2 aromatic carbocycles. The van der Waals surface area contributed by atoms with E-state index in [9.17, 15) is 0 Å². The molecule has 0 aliphatic carbocycles. The van der Waals surface area contributed by atoms with Gasteiger partial charge in [-0.05, 0) is 22.9 Å². The van der Waals surface area contributed by atoms with Crippen LogP contribution in [-0.4, -0.2) is 10.9 Å². The molecule has 0 amide bonds. The summed E-state index contributed by atoms with van der Waals surface area (Å²) in [6.07, 6.45) is 5.14. The van der Waals surface area contributed by atoms with Crippen LogP contribution in [0.25, 0.3) is 10.8 Å². The average molecular weight is 284 g/mol. The largest absolute Gasteiger partial charge is 0.265 e. The maximum absolute atomic E-state index is 5.07. The molecule has 0 spiro atoms. The highest BCUT2D eigenvalue weighted by atomic mass is 35.5. The third-order valence-electron chi connectivity index (χ3n) is 2.33. The third-order valence-corrected chi connectivity index (χ3v) is 2.55. The van der Waals surface area contributed by atoms with Crippen LogP contribution in [0.15, 0.2) is 91.8 Å². The minimum Gasteiger partial charge on any atom is -0.265 e. The quantitative estimate of drug-likeness (QED) is 0.434. The van der Waals surface area contributed by atoms with Crippen molar-refractivity contribution in [2.45, 2.75) is 0 Å². The second-order valence-electron chi connectivity index (χ2n) is 3.81. The summed E-state index contributed by atoms with van der Waals surface area (Å²) in [5.74, 6) is 0.556. The molecule has 0 N–H and O–H groups in total.